The summed E-state index contributed by atoms with van der Waals surface area (Å²) in [6.07, 6.45) is 2.67. The SMILES string of the molecule is CC#CCOc1ccc2nn(CCC(C)(C(=O)NO)S(C)(=O)=O)cc2c1. The van der Waals surface area contributed by atoms with Gasteiger partial charge in [-0.2, -0.15) is 5.10 Å². The first-order valence-corrected chi connectivity index (χ1v) is 9.74. The van der Waals surface area contributed by atoms with Crippen LogP contribution in [0.25, 0.3) is 10.9 Å². The van der Waals surface area contributed by atoms with Gasteiger partial charge in [-0.05, 0) is 38.5 Å². The van der Waals surface area contributed by atoms with E-state index in [4.69, 9.17) is 9.94 Å². The molecule has 1 atom stereocenters. The highest BCUT2D eigenvalue weighted by molar-refractivity contribution is 7.92. The summed E-state index contributed by atoms with van der Waals surface area (Å²) in [5, 5.41) is 14.0. The predicted octanol–water partition coefficient (Wildman–Crippen LogP) is 1.14. The van der Waals surface area contributed by atoms with Gasteiger partial charge in [0.2, 0.25) is 0 Å². The molecule has 140 valence electrons. The zero-order valence-corrected chi connectivity index (χ0v) is 15.6. The number of amides is 1. The summed E-state index contributed by atoms with van der Waals surface area (Å²) in [7, 11) is -3.74. The Kier molecular flexibility index (Phi) is 5.90. The van der Waals surface area contributed by atoms with Gasteiger partial charge in [-0.25, -0.2) is 13.9 Å². The number of ether oxygens (including phenoxy) is 1. The lowest BCUT2D eigenvalue weighted by Gasteiger charge is -2.24. The third kappa shape index (κ3) is 4.15. The van der Waals surface area contributed by atoms with Gasteiger partial charge in [0.15, 0.2) is 14.6 Å². The van der Waals surface area contributed by atoms with Crippen molar-refractivity contribution >= 4 is 26.6 Å². The van der Waals surface area contributed by atoms with Crippen molar-refractivity contribution in [1.29, 1.82) is 0 Å². The Bertz CT molecular complexity index is 971. The minimum atomic E-state index is -3.74. The summed E-state index contributed by atoms with van der Waals surface area (Å²) >= 11 is 0. The van der Waals surface area contributed by atoms with Crippen LogP contribution in [0.15, 0.2) is 24.4 Å². The molecule has 8 nitrogen and oxygen atoms in total. The molecule has 2 aromatic rings. The number of nitrogens with one attached hydrogen (secondary N) is 1. The lowest BCUT2D eigenvalue weighted by atomic mass is 10.1. The number of fused-ring (bicyclic) bond motifs is 1. The molecule has 0 bridgehead atoms. The monoisotopic (exact) mass is 379 g/mol. The number of aryl methyl sites for hydroxylation is 1. The molecule has 0 radical (unpaired) electrons. The van der Waals surface area contributed by atoms with Crippen molar-refractivity contribution in [2.45, 2.75) is 31.6 Å². The van der Waals surface area contributed by atoms with Gasteiger partial charge in [0.25, 0.3) is 5.91 Å². The molecule has 2 rings (SSSR count). The van der Waals surface area contributed by atoms with E-state index in [1.165, 1.54) is 12.4 Å². The second-order valence-corrected chi connectivity index (χ2v) is 8.47. The van der Waals surface area contributed by atoms with E-state index >= 15 is 0 Å². The summed E-state index contributed by atoms with van der Waals surface area (Å²) in [4.78, 5) is 11.8. The van der Waals surface area contributed by atoms with E-state index in [9.17, 15) is 13.2 Å². The minimum absolute atomic E-state index is 0.0400. The highest BCUT2D eigenvalue weighted by atomic mass is 32.2. The smallest absolute Gasteiger partial charge is 0.264 e. The molecular weight excluding hydrogens is 358 g/mol. The van der Waals surface area contributed by atoms with Gasteiger partial charge in [-0.1, -0.05) is 5.92 Å². The predicted molar refractivity (Wildman–Crippen MR) is 96.5 cm³/mol. The quantitative estimate of drug-likeness (QED) is 0.424. The number of carbonyl (C=O) groups is 1. The van der Waals surface area contributed by atoms with E-state index in [1.807, 2.05) is 6.07 Å². The third-order valence-electron chi connectivity index (χ3n) is 4.23. The number of benzene rings is 1. The number of rotatable bonds is 7. The van der Waals surface area contributed by atoms with Crippen LogP contribution < -0.4 is 10.2 Å². The van der Waals surface area contributed by atoms with Crippen LogP contribution in [0.2, 0.25) is 0 Å². The van der Waals surface area contributed by atoms with Gasteiger partial charge >= 0.3 is 0 Å². The van der Waals surface area contributed by atoms with Crippen molar-refractivity contribution in [3.63, 3.8) is 0 Å². The van der Waals surface area contributed by atoms with Gasteiger partial charge < -0.3 is 4.74 Å². The maximum atomic E-state index is 12.0. The lowest BCUT2D eigenvalue weighted by molar-refractivity contribution is -0.131. The van der Waals surface area contributed by atoms with Crippen molar-refractivity contribution in [1.82, 2.24) is 15.3 Å². The van der Waals surface area contributed by atoms with Gasteiger partial charge in [-0.15, -0.1) is 5.92 Å². The van der Waals surface area contributed by atoms with Gasteiger partial charge in [0.1, 0.15) is 12.4 Å². The molecule has 9 heteroatoms. The Balaban J connectivity index is 2.19. The number of nitrogens with zero attached hydrogens (tertiary/aromatic N) is 2. The fraction of sp³-hybridized carbons (Fsp3) is 0.412. The molecule has 1 amide bonds. The van der Waals surface area contributed by atoms with Crippen LogP contribution in [0.3, 0.4) is 0 Å². The summed E-state index contributed by atoms with van der Waals surface area (Å²) < 4.78 is 29.3. The lowest BCUT2D eigenvalue weighted by Crippen LogP contribution is -2.49. The summed E-state index contributed by atoms with van der Waals surface area (Å²) in [6, 6.07) is 5.37. The van der Waals surface area contributed by atoms with Crippen molar-refractivity contribution in [3.8, 4) is 17.6 Å². The highest BCUT2D eigenvalue weighted by Gasteiger charge is 2.43. The van der Waals surface area contributed by atoms with E-state index in [1.54, 1.807) is 29.9 Å². The van der Waals surface area contributed by atoms with Crippen molar-refractivity contribution in [3.05, 3.63) is 24.4 Å². The molecule has 0 aliphatic rings. The van der Waals surface area contributed by atoms with Gasteiger partial charge in [0.05, 0.1) is 5.52 Å². The standard InChI is InChI=1S/C17H21N3O5S/c1-4-5-10-25-14-6-7-15-13(11-14)12-20(18-15)9-8-17(2,16(21)19-22)26(3,23)24/h6-7,11-12,22H,8-10H2,1-3H3,(H,19,21). The Morgan fingerprint density at radius 1 is 1.46 bits per heavy atom. The highest BCUT2D eigenvalue weighted by Crippen LogP contribution is 2.24. The fourth-order valence-corrected chi connectivity index (χ4v) is 3.21. The molecular formula is C17H21N3O5S. The minimum Gasteiger partial charge on any atom is -0.481 e. The average Bonchev–Trinajstić information content (AvgIpc) is 3.00. The number of hydroxylamine groups is 1. The number of hydrogen-bond acceptors (Lipinski definition) is 6. The normalized spacial score (nSPS) is 13.5. The topological polar surface area (TPSA) is 111 Å². The van der Waals surface area contributed by atoms with Crippen molar-refractivity contribution in [2.75, 3.05) is 12.9 Å². The Morgan fingerprint density at radius 2 is 2.19 bits per heavy atom. The maximum Gasteiger partial charge on any atom is 0.264 e. The Labute approximate surface area is 152 Å². The maximum absolute atomic E-state index is 12.0. The van der Waals surface area contributed by atoms with Crippen LogP contribution in [0.4, 0.5) is 0 Å². The Hall–Kier alpha value is -2.57. The number of aromatic nitrogens is 2. The first kappa shape index (κ1) is 19.8. The molecule has 0 spiro atoms. The fourth-order valence-electron chi connectivity index (χ4n) is 2.36. The summed E-state index contributed by atoms with van der Waals surface area (Å²) in [5.41, 5.74) is 2.15. The molecule has 0 saturated heterocycles. The van der Waals surface area contributed by atoms with Crippen LogP contribution in [0, 0.1) is 11.8 Å². The largest absolute Gasteiger partial charge is 0.481 e. The van der Waals surface area contributed by atoms with Gasteiger partial charge in [0, 0.05) is 24.4 Å². The molecule has 2 N–H and O–H groups in total. The zero-order valence-electron chi connectivity index (χ0n) is 14.8. The molecule has 1 unspecified atom stereocenters. The van der Waals surface area contributed by atoms with Crippen molar-refractivity contribution in [2.24, 2.45) is 0 Å². The first-order chi connectivity index (χ1) is 12.2. The molecule has 1 aromatic heterocycles. The molecule has 0 aliphatic carbocycles. The first-order valence-electron chi connectivity index (χ1n) is 7.85. The van der Waals surface area contributed by atoms with Crippen LogP contribution in [-0.2, 0) is 21.2 Å². The second kappa shape index (κ2) is 7.76. The summed E-state index contributed by atoms with van der Waals surface area (Å²) in [5.74, 6) is 5.24. The number of carbonyl (C=O) groups excluding carboxylic acids is 1. The van der Waals surface area contributed by atoms with Crippen LogP contribution in [0.5, 0.6) is 5.75 Å². The van der Waals surface area contributed by atoms with Crippen LogP contribution in [0.1, 0.15) is 20.3 Å². The molecule has 1 heterocycles. The molecule has 26 heavy (non-hydrogen) atoms. The average molecular weight is 379 g/mol. The zero-order chi connectivity index (χ0) is 19.4. The number of sulfone groups is 1. The van der Waals surface area contributed by atoms with E-state index in [2.05, 4.69) is 16.9 Å². The van der Waals surface area contributed by atoms with Gasteiger partial charge in [-0.3, -0.25) is 14.7 Å². The van der Waals surface area contributed by atoms with E-state index in [0.29, 0.717) is 17.9 Å². The molecule has 1 aromatic carbocycles. The van der Waals surface area contributed by atoms with Crippen LogP contribution in [-0.4, -0.2) is 46.9 Å². The van der Waals surface area contributed by atoms with E-state index < -0.39 is 20.5 Å². The third-order valence-corrected chi connectivity index (χ3v) is 6.26. The number of hydrogen-bond donors (Lipinski definition) is 2. The molecule has 0 aliphatic heterocycles. The van der Waals surface area contributed by atoms with Crippen LogP contribution >= 0.6 is 0 Å². The van der Waals surface area contributed by atoms with E-state index in [-0.39, 0.29) is 13.0 Å². The Morgan fingerprint density at radius 3 is 2.81 bits per heavy atom. The molecule has 0 saturated carbocycles. The second-order valence-electron chi connectivity index (χ2n) is 6.02. The summed E-state index contributed by atoms with van der Waals surface area (Å²) in [6.45, 7) is 3.48. The van der Waals surface area contributed by atoms with Crippen molar-refractivity contribution < 1.29 is 23.2 Å². The van der Waals surface area contributed by atoms with E-state index in [0.717, 1.165) is 11.6 Å². The molecule has 0 fully saturated rings.